The molecule has 0 heterocycles. The monoisotopic (exact) mass is 266 g/mol. The Morgan fingerprint density at radius 2 is 2.07 bits per heavy atom. The summed E-state index contributed by atoms with van der Waals surface area (Å²) in [6, 6.07) is 0. The topological polar surface area (TPSA) is 46.5 Å². The summed E-state index contributed by atoms with van der Waals surface area (Å²) in [4.78, 5) is 11.0. The maximum atomic E-state index is 11.0. The van der Waals surface area contributed by atoms with Crippen LogP contribution in [0.2, 0.25) is 0 Å². The lowest BCUT2D eigenvalue weighted by atomic mass is 10.0. The lowest BCUT2D eigenvalue weighted by molar-refractivity contribution is -0.145. The zero-order chi connectivity index (χ0) is 11.1. The van der Waals surface area contributed by atoms with Crippen LogP contribution in [0, 0.1) is 5.92 Å². The number of aliphatic hydroxyl groups excluding tert-OH is 1. The van der Waals surface area contributed by atoms with Gasteiger partial charge in [0.15, 0.2) is 0 Å². The number of alkyl halides is 1. The van der Waals surface area contributed by atoms with E-state index in [0.29, 0.717) is 12.5 Å². The minimum atomic E-state index is -0.656. The Hall–Kier alpha value is -0.0900. The van der Waals surface area contributed by atoms with Crippen molar-refractivity contribution in [3.63, 3.8) is 0 Å². The minimum Gasteiger partial charge on any atom is -0.466 e. The first kappa shape index (κ1) is 13.9. The molecule has 0 aromatic carbocycles. The van der Waals surface area contributed by atoms with Gasteiger partial charge < -0.3 is 9.84 Å². The molecule has 0 amide bonds. The molecule has 0 unspecified atom stereocenters. The zero-order valence-electron chi connectivity index (χ0n) is 9.00. The van der Waals surface area contributed by atoms with E-state index in [4.69, 9.17) is 4.74 Å². The number of aliphatic hydroxyl groups is 1. The molecule has 14 heavy (non-hydrogen) atoms. The number of ether oxygens (including phenoxy) is 1. The molecule has 2 atom stereocenters. The summed E-state index contributed by atoms with van der Waals surface area (Å²) in [5.41, 5.74) is 0. The average Bonchev–Trinajstić information content (AvgIpc) is 2.02. The van der Waals surface area contributed by atoms with Gasteiger partial charge in [0, 0.05) is 4.83 Å². The maximum Gasteiger partial charge on any atom is 0.308 e. The molecule has 0 radical (unpaired) electrons. The summed E-state index contributed by atoms with van der Waals surface area (Å²) >= 11 is 3.37. The van der Waals surface area contributed by atoms with Gasteiger partial charge in [0.05, 0.1) is 19.1 Å². The average molecular weight is 267 g/mol. The summed E-state index contributed by atoms with van der Waals surface area (Å²) < 4.78 is 4.75. The van der Waals surface area contributed by atoms with Crippen LogP contribution in [0.3, 0.4) is 0 Å². The standard InChI is InChI=1S/C10H19BrO3/c1-4-14-10(13)6-9(12)8(11)5-7(2)3/h7-9,12H,4-6H2,1-3H3/t8-,9-/m0/s1. The molecular weight excluding hydrogens is 248 g/mol. The Balaban J connectivity index is 3.82. The van der Waals surface area contributed by atoms with Crippen molar-refractivity contribution in [1.29, 1.82) is 0 Å². The number of hydrogen-bond donors (Lipinski definition) is 1. The fourth-order valence-corrected chi connectivity index (χ4v) is 2.06. The van der Waals surface area contributed by atoms with Crippen molar-refractivity contribution in [2.24, 2.45) is 5.92 Å². The summed E-state index contributed by atoms with van der Waals surface area (Å²) in [5, 5.41) is 9.62. The van der Waals surface area contributed by atoms with Gasteiger partial charge in [0.2, 0.25) is 0 Å². The Morgan fingerprint density at radius 3 is 2.50 bits per heavy atom. The molecule has 0 spiro atoms. The first-order chi connectivity index (χ1) is 6.47. The van der Waals surface area contributed by atoms with E-state index in [9.17, 15) is 9.90 Å². The normalized spacial score (nSPS) is 15.3. The van der Waals surface area contributed by atoms with Crippen LogP contribution >= 0.6 is 15.9 Å². The van der Waals surface area contributed by atoms with Gasteiger partial charge in [-0.3, -0.25) is 4.79 Å². The third-order valence-electron chi connectivity index (χ3n) is 1.80. The van der Waals surface area contributed by atoms with Crippen LogP contribution in [-0.4, -0.2) is 28.6 Å². The van der Waals surface area contributed by atoms with Gasteiger partial charge in [0.1, 0.15) is 0 Å². The zero-order valence-corrected chi connectivity index (χ0v) is 10.6. The van der Waals surface area contributed by atoms with E-state index in [2.05, 4.69) is 29.8 Å². The van der Waals surface area contributed by atoms with E-state index in [-0.39, 0.29) is 17.2 Å². The number of rotatable bonds is 6. The molecule has 0 aliphatic heterocycles. The van der Waals surface area contributed by atoms with Crippen molar-refractivity contribution >= 4 is 21.9 Å². The molecule has 0 aromatic rings. The fraction of sp³-hybridized carbons (Fsp3) is 0.900. The highest BCUT2D eigenvalue weighted by Gasteiger charge is 2.20. The second-order valence-corrected chi connectivity index (χ2v) is 4.90. The lowest BCUT2D eigenvalue weighted by Gasteiger charge is -2.18. The van der Waals surface area contributed by atoms with Gasteiger partial charge in [-0.15, -0.1) is 0 Å². The smallest absolute Gasteiger partial charge is 0.308 e. The quantitative estimate of drug-likeness (QED) is 0.592. The molecule has 1 N–H and O–H groups in total. The molecule has 84 valence electrons. The SMILES string of the molecule is CCOC(=O)C[C@H](O)[C@@H](Br)CC(C)C. The van der Waals surface area contributed by atoms with E-state index in [1.165, 1.54) is 0 Å². The van der Waals surface area contributed by atoms with E-state index >= 15 is 0 Å². The molecule has 0 saturated carbocycles. The van der Waals surface area contributed by atoms with Crippen LogP contribution in [0.4, 0.5) is 0 Å². The van der Waals surface area contributed by atoms with Gasteiger partial charge in [-0.2, -0.15) is 0 Å². The van der Waals surface area contributed by atoms with Crippen molar-refractivity contribution < 1.29 is 14.6 Å². The first-order valence-electron chi connectivity index (χ1n) is 4.95. The Bertz CT molecular complexity index is 171. The van der Waals surface area contributed by atoms with E-state index in [1.54, 1.807) is 6.92 Å². The molecular formula is C10H19BrO3. The van der Waals surface area contributed by atoms with Crippen molar-refractivity contribution in [3.8, 4) is 0 Å². The number of esters is 1. The van der Waals surface area contributed by atoms with Crippen molar-refractivity contribution in [2.45, 2.75) is 44.5 Å². The number of halogens is 1. The second kappa shape index (κ2) is 7.23. The molecule has 0 aliphatic rings. The van der Waals surface area contributed by atoms with Crippen LogP contribution in [0.1, 0.15) is 33.6 Å². The Labute approximate surface area is 94.0 Å². The molecule has 4 heteroatoms. The Kier molecular flexibility index (Phi) is 7.19. The molecule has 0 bridgehead atoms. The number of carbonyl (C=O) groups is 1. The maximum absolute atomic E-state index is 11.0. The van der Waals surface area contributed by atoms with Crippen molar-refractivity contribution in [3.05, 3.63) is 0 Å². The first-order valence-corrected chi connectivity index (χ1v) is 5.86. The van der Waals surface area contributed by atoms with E-state index in [0.717, 1.165) is 6.42 Å². The largest absolute Gasteiger partial charge is 0.466 e. The number of hydrogen-bond acceptors (Lipinski definition) is 3. The van der Waals surface area contributed by atoms with Gasteiger partial charge in [-0.25, -0.2) is 0 Å². The summed E-state index contributed by atoms with van der Waals surface area (Å²) in [5.74, 6) is 0.157. The molecule has 0 fully saturated rings. The summed E-state index contributed by atoms with van der Waals surface area (Å²) in [7, 11) is 0. The molecule has 0 aliphatic carbocycles. The predicted molar refractivity (Wildman–Crippen MR) is 59.4 cm³/mol. The molecule has 0 rings (SSSR count). The fourth-order valence-electron chi connectivity index (χ4n) is 1.13. The predicted octanol–water partition coefficient (Wildman–Crippen LogP) is 2.11. The third kappa shape index (κ3) is 6.38. The van der Waals surface area contributed by atoms with E-state index < -0.39 is 6.10 Å². The van der Waals surface area contributed by atoms with E-state index in [1.807, 2.05) is 0 Å². The Morgan fingerprint density at radius 1 is 1.50 bits per heavy atom. The second-order valence-electron chi connectivity index (χ2n) is 3.72. The number of carbonyl (C=O) groups excluding carboxylic acids is 1. The molecule has 0 aromatic heterocycles. The molecule has 0 saturated heterocycles. The van der Waals surface area contributed by atoms with Crippen LogP contribution in [-0.2, 0) is 9.53 Å². The van der Waals surface area contributed by atoms with Gasteiger partial charge in [0.25, 0.3) is 0 Å². The van der Waals surface area contributed by atoms with Crippen LogP contribution in [0.25, 0.3) is 0 Å². The summed E-state index contributed by atoms with van der Waals surface area (Å²) in [6.07, 6.45) is 0.258. The highest BCUT2D eigenvalue weighted by Crippen LogP contribution is 2.18. The van der Waals surface area contributed by atoms with Crippen molar-refractivity contribution in [2.75, 3.05) is 6.61 Å². The van der Waals surface area contributed by atoms with Gasteiger partial charge in [-0.1, -0.05) is 29.8 Å². The minimum absolute atomic E-state index is 0.0353. The van der Waals surface area contributed by atoms with Gasteiger partial charge >= 0.3 is 5.97 Å². The van der Waals surface area contributed by atoms with Crippen molar-refractivity contribution in [1.82, 2.24) is 0 Å². The van der Waals surface area contributed by atoms with Gasteiger partial charge in [-0.05, 0) is 19.3 Å². The third-order valence-corrected chi connectivity index (χ3v) is 2.78. The lowest BCUT2D eigenvalue weighted by Crippen LogP contribution is -2.26. The highest BCUT2D eigenvalue weighted by molar-refractivity contribution is 9.09. The van der Waals surface area contributed by atoms with Crippen LogP contribution < -0.4 is 0 Å². The summed E-state index contributed by atoms with van der Waals surface area (Å²) in [6.45, 7) is 6.27. The van der Waals surface area contributed by atoms with Crippen LogP contribution in [0.15, 0.2) is 0 Å². The van der Waals surface area contributed by atoms with Crippen LogP contribution in [0.5, 0.6) is 0 Å². The molecule has 3 nitrogen and oxygen atoms in total. The highest BCUT2D eigenvalue weighted by atomic mass is 79.9.